The van der Waals surface area contributed by atoms with Gasteiger partial charge in [0, 0.05) is 12.6 Å². The standard InChI is InChI=1S/C13H28N2/c1-3-5-9-15(10-6-4-2)11-13(14)12-7-8-12/h12-13H,3-11,14H2,1-2H3. The van der Waals surface area contributed by atoms with E-state index in [9.17, 15) is 0 Å². The predicted molar refractivity (Wildman–Crippen MR) is 67.0 cm³/mol. The molecule has 1 fully saturated rings. The Morgan fingerprint density at radius 2 is 1.67 bits per heavy atom. The van der Waals surface area contributed by atoms with Gasteiger partial charge in [-0.15, -0.1) is 0 Å². The van der Waals surface area contributed by atoms with Crippen molar-refractivity contribution < 1.29 is 0 Å². The van der Waals surface area contributed by atoms with Crippen molar-refractivity contribution in [3.8, 4) is 0 Å². The molecule has 0 saturated heterocycles. The highest BCUT2D eigenvalue weighted by atomic mass is 15.1. The molecule has 1 unspecified atom stereocenters. The summed E-state index contributed by atoms with van der Waals surface area (Å²) in [5, 5.41) is 0. The smallest absolute Gasteiger partial charge is 0.0196 e. The van der Waals surface area contributed by atoms with Crippen molar-refractivity contribution in [2.45, 2.75) is 58.4 Å². The Morgan fingerprint density at radius 3 is 2.07 bits per heavy atom. The second-order valence-electron chi connectivity index (χ2n) is 5.01. The molecule has 0 aliphatic heterocycles. The first-order chi connectivity index (χ1) is 7.27. The van der Waals surface area contributed by atoms with E-state index in [1.165, 1.54) is 51.6 Å². The van der Waals surface area contributed by atoms with Gasteiger partial charge in [-0.1, -0.05) is 26.7 Å². The van der Waals surface area contributed by atoms with E-state index >= 15 is 0 Å². The van der Waals surface area contributed by atoms with Crippen LogP contribution in [0.15, 0.2) is 0 Å². The highest BCUT2D eigenvalue weighted by Crippen LogP contribution is 2.31. The number of rotatable bonds is 9. The first kappa shape index (κ1) is 13.0. The van der Waals surface area contributed by atoms with Crippen molar-refractivity contribution in [3.05, 3.63) is 0 Å². The van der Waals surface area contributed by atoms with E-state index in [0.717, 1.165) is 12.5 Å². The Balaban J connectivity index is 2.19. The molecule has 0 heterocycles. The van der Waals surface area contributed by atoms with Gasteiger partial charge in [0.05, 0.1) is 0 Å². The lowest BCUT2D eigenvalue weighted by Gasteiger charge is -2.25. The quantitative estimate of drug-likeness (QED) is 0.636. The molecular weight excluding hydrogens is 184 g/mol. The van der Waals surface area contributed by atoms with E-state index in [2.05, 4.69) is 18.7 Å². The lowest BCUT2D eigenvalue weighted by atomic mass is 10.1. The van der Waals surface area contributed by atoms with Crippen LogP contribution in [-0.2, 0) is 0 Å². The Hall–Kier alpha value is -0.0800. The molecule has 0 aromatic carbocycles. The fourth-order valence-corrected chi connectivity index (χ4v) is 2.03. The fourth-order valence-electron chi connectivity index (χ4n) is 2.03. The first-order valence-corrected chi connectivity index (χ1v) is 6.75. The van der Waals surface area contributed by atoms with Crippen molar-refractivity contribution in [1.29, 1.82) is 0 Å². The maximum Gasteiger partial charge on any atom is 0.0196 e. The minimum Gasteiger partial charge on any atom is -0.326 e. The maximum atomic E-state index is 6.18. The summed E-state index contributed by atoms with van der Waals surface area (Å²) in [6.45, 7) is 8.15. The summed E-state index contributed by atoms with van der Waals surface area (Å²) in [6.07, 6.45) is 7.97. The van der Waals surface area contributed by atoms with Crippen molar-refractivity contribution in [1.82, 2.24) is 4.90 Å². The van der Waals surface area contributed by atoms with Crippen LogP contribution in [0, 0.1) is 5.92 Å². The van der Waals surface area contributed by atoms with Gasteiger partial charge in [0.25, 0.3) is 0 Å². The molecule has 0 aromatic rings. The average Bonchev–Trinajstić information content (AvgIpc) is 3.05. The molecule has 1 rings (SSSR count). The zero-order valence-electron chi connectivity index (χ0n) is 10.5. The Morgan fingerprint density at radius 1 is 1.13 bits per heavy atom. The normalized spacial score (nSPS) is 18.4. The molecule has 1 atom stereocenters. The Labute approximate surface area is 95.2 Å². The van der Waals surface area contributed by atoms with E-state index in [1.807, 2.05) is 0 Å². The van der Waals surface area contributed by atoms with Crippen molar-refractivity contribution >= 4 is 0 Å². The zero-order valence-corrected chi connectivity index (χ0v) is 10.5. The van der Waals surface area contributed by atoms with Crippen LogP contribution < -0.4 is 5.73 Å². The highest BCUT2D eigenvalue weighted by Gasteiger charge is 2.29. The Bertz CT molecular complexity index is 147. The molecule has 1 saturated carbocycles. The van der Waals surface area contributed by atoms with Gasteiger partial charge in [0.15, 0.2) is 0 Å². The molecular formula is C13H28N2. The number of nitrogens with zero attached hydrogens (tertiary/aromatic N) is 1. The van der Waals surface area contributed by atoms with Gasteiger partial charge in [-0.2, -0.15) is 0 Å². The summed E-state index contributed by atoms with van der Waals surface area (Å²) in [6, 6.07) is 0.443. The van der Waals surface area contributed by atoms with Gasteiger partial charge >= 0.3 is 0 Å². The van der Waals surface area contributed by atoms with Gasteiger partial charge in [0.1, 0.15) is 0 Å². The molecule has 1 aliphatic carbocycles. The number of hydrogen-bond donors (Lipinski definition) is 1. The summed E-state index contributed by atoms with van der Waals surface area (Å²) in [7, 11) is 0. The number of hydrogen-bond acceptors (Lipinski definition) is 2. The summed E-state index contributed by atoms with van der Waals surface area (Å²) in [4.78, 5) is 2.58. The Kier molecular flexibility index (Phi) is 6.26. The van der Waals surface area contributed by atoms with E-state index < -0.39 is 0 Å². The van der Waals surface area contributed by atoms with Crippen molar-refractivity contribution in [3.63, 3.8) is 0 Å². The number of nitrogens with two attached hydrogens (primary N) is 1. The van der Waals surface area contributed by atoms with E-state index in [-0.39, 0.29) is 0 Å². The van der Waals surface area contributed by atoms with E-state index in [1.54, 1.807) is 0 Å². The second kappa shape index (κ2) is 7.24. The minimum absolute atomic E-state index is 0.443. The molecule has 15 heavy (non-hydrogen) atoms. The molecule has 90 valence electrons. The molecule has 0 spiro atoms. The van der Waals surface area contributed by atoms with E-state index in [4.69, 9.17) is 5.73 Å². The van der Waals surface area contributed by atoms with Crippen molar-refractivity contribution in [2.75, 3.05) is 19.6 Å². The third-order valence-electron chi connectivity index (χ3n) is 3.35. The van der Waals surface area contributed by atoms with Crippen LogP contribution in [0.2, 0.25) is 0 Å². The van der Waals surface area contributed by atoms with E-state index in [0.29, 0.717) is 6.04 Å². The molecule has 0 amide bonds. The molecule has 0 bridgehead atoms. The van der Waals surface area contributed by atoms with Gasteiger partial charge < -0.3 is 10.6 Å². The summed E-state index contributed by atoms with van der Waals surface area (Å²) >= 11 is 0. The maximum absolute atomic E-state index is 6.18. The monoisotopic (exact) mass is 212 g/mol. The zero-order chi connectivity index (χ0) is 11.1. The molecule has 2 N–H and O–H groups in total. The summed E-state index contributed by atoms with van der Waals surface area (Å²) in [5.74, 6) is 0.843. The predicted octanol–water partition coefficient (Wildman–Crippen LogP) is 2.63. The van der Waals surface area contributed by atoms with Gasteiger partial charge in [-0.25, -0.2) is 0 Å². The third kappa shape index (κ3) is 5.53. The average molecular weight is 212 g/mol. The molecule has 2 nitrogen and oxygen atoms in total. The van der Waals surface area contributed by atoms with Crippen molar-refractivity contribution in [2.24, 2.45) is 11.7 Å². The molecule has 1 aliphatic rings. The van der Waals surface area contributed by atoms with Gasteiger partial charge in [0.2, 0.25) is 0 Å². The summed E-state index contributed by atoms with van der Waals surface area (Å²) < 4.78 is 0. The molecule has 2 heteroatoms. The number of unbranched alkanes of at least 4 members (excludes halogenated alkanes) is 2. The lowest BCUT2D eigenvalue weighted by Crippen LogP contribution is -2.39. The van der Waals surface area contributed by atoms with Gasteiger partial charge in [-0.05, 0) is 44.7 Å². The molecule has 0 aromatic heterocycles. The van der Waals surface area contributed by atoms with Crippen LogP contribution in [0.25, 0.3) is 0 Å². The lowest BCUT2D eigenvalue weighted by molar-refractivity contribution is 0.241. The summed E-state index contributed by atoms with van der Waals surface area (Å²) in [5.41, 5.74) is 6.18. The van der Waals surface area contributed by atoms with Crippen LogP contribution in [0.3, 0.4) is 0 Å². The van der Waals surface area contributed by atoms with Crippen LogP contribution >= 0.6 is 0 Å². The first-order valence-electron chi connectivity index (χ1n) is 6.75. The van der Waals surface area contributed by atoms with Crippen LogP contribution in [0.4, 0.5) is 0 Å². The van der Waals surface area contributed by atoms with Crippen LogP contribution in [0.5, 0.6) is 0 Å². The largest absolute Gasteiger partial charge is 0.326 e. The topological polar surface area (TPSA) is 29.3 Å². The van der Waals surface area contributed by atoms with Crippen LogP contribution in [0.1, 0.15) is 52.4 Å². The van der Waals surface area contributed by atoms with Crippen LogP contribution in [-0.4, -0.2) is 30.6 Å². The second-order valence-corrected chi connectivity index (χ2v) is 5.01. The minimum atomic E-state index is 0.443. The highest BCUT2D eigenvalue weighted by molar-refractivity contribution is 4.86. The SMILES string of the molecule is CCCCN(CCCC)CC(N)C1CC1. The fraction of sp³-hybridized carbons (Fsp3) is 1.00. The van der Waals surface area contributed by atoms with Gasteiger partial charge in [-0.3, -0.25) is 0 Å². The third-order valence-corrected chi connectivity index (χ3v) is 3.35. The molecule has 0 radical (unpaired) electrons.